The zero-order valence-electron chi connectivity index (χ0n) is 13.2. The summed E-state index contributed by atoms with van der Waals surface area (Å²) in [6.07, 6.45) is 5.89. The van der Waals surface area contributed by atoms with Crippen LogP contribution in [0.25, 0.3) is 11.3 Å². The van der Waals surface area contributed by atoms with Gasteiger partial charge in [0.2, 0.25) is 0 Å². The van der Waals surface area contributed by atoms with Crippen LogP contribution in [0.1, 0.15) is 34.7 Å². The Balaban J connectivity index is 1.34. The van der Waals surface area contributed by atoms with Gasteiger partial charge in [-0.15, -0.1) is 0 Å². The molecule has 0 bridgehead atoms. The Labute approximate surface area is 143 Å². The molecule has 3 heterocycles. The van der Waals surface area contributed by atoms with E-state index in [0.717, 1.165) is 48.3 Å². The van der Waals surface area contributed by atoms with E-state index in [1.165, 1.54) is 0 Å². The molecule has 3 aromatic heterocycles. The van der Waals surface area contributed by atoms with Crippen molar-refractivity contribution in [3.63, 3.8) is 0 Å². The number of hydrogen-bond acceptors (Lipinski definition) is 5. The molecule has 0 aromatic carbocycles. The predicted molar refractivity (Wildman–Crippen MR) is 91.0 cm³/mol. The number of carbonyl (C=O) groups is 1. The minimum Gasteiger partial charge on any atom is -0.360 e. The number of thiophene rings is 1. The molecule has 1 N–H and O–H groups in total. The van der Waals surface area contributed by atoms with Crippen LogP contribution < -0.4 is 5.32 Å². The Kier molecular flexibility index (Phi) is 4.17. The van der Waals surface area contributed by atoms with E-state index in [4.69, 9.17) is 4.52 Å². The van der Waals surface area contributed by atoms with Crippen molar-refractivity contribution in [3.8, 4) is 11.3 Å². The molecule has 0 aliphatic heterocycles. The standard InChI is InChI=1S/C17H18N4O2S/c22-17(16-13-3-1-2-4-15(13)23-20-16)18-7-9-21-8-5-14(19-21)12-6-10-24-11-12/h5-6,8,10-11H,1-4,7,9H2,(H,18,22). The summed E-state index contributed by atoms with van der Waals surface area (Å²) in [5, 5.41) is 15.5. The van der Waals surface area contributed by atoms with Gasteiger partial charge in [0.15, 0.2) is 5.69 Å². The monoisotopic (exact) mass is 342 g/mol. The minimum atomic E-state index is -0.160. The average molecular weight is 342 g/mol. The number of hydrogen-bond donors (Lipinski definition) is 1. The number of aryl methyl sites for hydroxylation is 1. The molecule has 24 heavy (non-hydrogen) atoms. The summed E-state index contributed by atoms with van der Waals surface area (Å²) in [5.41, 5.74) is 3.51. The topological polar surface area (TPSA) is 73.0 Å². The lowest BCUT2D eigenvalue weighted by molar-refractivity contribution is 0.0942. The fourth-order valence-electron chi connectivity index (χ4n) is 2.98. The van der Waals surface area contributed by atoms with Crippen molar-refractivity contribution in [1.29, 1.82) is 0 Å². The molecule has 0 saturated carbocycles. The second-order valence-electron chi connectivity index (χ2n) is 5.87. The maximum absolute atomic E-state index is 12.3. The van der Waals surface area contributed by atoms with Crippen LogP contribution in [0.3, 0.4) is 0 Å². The van der Waals surface area contributed by atoms with E-state index in [-0.39, 0.29) is 5.91 Å². The van der Waals surface area contributed by atoms with Gasteiger partial charge in [0.25, 0.3) is 5.91 Å². The number of nitrogens with one attached hydrogen (secondary N) is 1. The van der Waals surface area contributed by atoms with Crippen molar-refractivity contribution < 1.29 is 9.32 Å². The molecule has 0 atom stereocenters. The first-order valence-electron chi connectivity index (χ1n) is 8.13. The van der Waals surface area contributed by atoms with Crippen molar-refractivity contribution in [2.75, 3.05) is 6.54 Å². The van der Waals surface area contributed by atoms with Crippen LogP contribution in [-0.2, 0) is 19.4 Å². The van der Waals surface area contributed by atoms with E-state index in [1.54, 1.807) is 11.3 Å². The highest BCUT2D eigenvalue weighted by Crippen LogP contribution is 2.24. The maximum Gasteiger partial charge on any atom is 0.273 e. The third kappa shape index (κ3) is 2.99. The summed E-state index contributed by atoms with van der Waals surface area (Å²) in [5.74, 6) is 0.714. The van der Waals surface area contributed by atoms with Gasteiger partial charge in [0.1, 0.15) is 5.76 Å². The molecule has 7 heteroatoms. The molecule has 1 aliphatic rings. The third-order valence-electron chi connectivity index (χ3n) is 4.25. The van der Waals surface area contributed by atoms with Crippen LogP contribution in [0.5, 0.6) is 0 Å². The number of carbonyl (C=O) groups excluding carboxylic acids is 1. The molecule has 0 unspecified atom stereocenters. The second kappa shape index (κ2) is 6.60. The second-order valence-corrected chi connectivity index (χ2v) is 6.65. The van der Waals surface area contributed by atoms with Crippen molar-refractivity contribution in [2.45, 2.75) is 32.2 Å². The SMILES string of the molecule is O=C(NCCn1ccc(-c2ccsc2)n1)c1noc2c1CCCC2. The Hall–Kier alpha value is -2.41. The molecule has 1 amide bonds. The summed E-state index contributed by atoms with van der Waals surface area (Å²) in [7, 11) is 0. The van der Waals surface area contributed by atoms with E-state index >= 15 is 0 Å². The van der Waals surface area contributed by atoms with Crippen molar-refractivity contribution in [3.05, 3.63) is 46.1 Å². The van der Waals surface area contributed by atoms with E-state index in [0.29, 0.717) is 18.8 Å². The summed E-state index contributed by atoms with van der Waals surface area (Å²) in [4.78, 5) is 12.3. The zero-order chi connectivity index (χ0) is 16.4. The Morgan fingerprint density at radius 3 is 3.12 bits per heavy atom. The summed E-state index contributed by atoms with van der Waals surface area (Å²) in [6, 6.07) is 4.03. The van der Waals surface area contributed by atoms with Crippen LogP contribution in [0.4, 0.5) is 0 Å². The van der Waals surface area contributed by atoms with Crippen LogP contribution in [-0.4, -0.2) is 27.4 Å². The van der Waals surface area contributed by atoms with Gasteiger partial charge in [-0.2, -0.15) is 16.4 Å². The first-order valence-corrected chi connectivity index (χ1v) is 9.07. The van der Waals surface area contributed by atoms with E-state index in [1.807, 2.05) is 28.4 Å². The highest BCUT2D eigenvalue weighted by Gasteiger charge is 2.23. The van der Waals surface area contributed by atoms with Gasteiger partial charge < -0.3 is 9.84 Å². The highest BCUT2D eigenvalue weighted by atomic mass is 32.1. The van der Waals surface area contributed by atoms with Crippen molar-refractivity contribution >= 4 is 17.2 Å². The van der Waals surface area contributed by atoms with Gasteiger partial charge in [-0.05, 0) is 36.8 Å². The first-order chi connectivity index (χ1) is 11.8. The fourth-order valence-corrected chi connectivity index (χ4v) is 3.63. The smallest absolute Gasteiger partial charge is 0.273 e. The van der Waals surface area contributed by atoms with Crippen molar-refractivity contribution in [1.82, 2.24) is 20.3 Å². The molecule has 3 aromatic rings. The number of rotatable bonds is 5. The Bertz CT molecular complexity index is 835. The number of nitrogens with zero attached hydrogens (tertiary/aromatic N) is 3. The van der Waals surface area contributed by atoms with Gasteiger partial charge in [-0.25, -0.2) is 0 Å². The lowest BCUT2D eigenvalue weighted by Crippen LogP contribution is -2.28. The molecule has 0 spiro atoms. The van der Waals surface area contributed by atoms with E-state index < -0.39 is 0 Å². The largest absolute Gasteiger partial charge is 0.360 e. The number of amides is 1. The molecule has 0 radical (unpaired) electrons. The Morgan fingerprint density at radius 2 is 2.25 bits per heavy atom. The molecular weight excluding hydrogens is 324 g/mol. The lowest BCUT2D eigenvalue weighted by Gasteiger charge is -2.09. The quantitative estimate of drug-likeness (QED) is 0.774. The fraction of sp³-hybridized carbons (Fsp3) is 0.353. The van der Waals surface area contributed by atoms with Gasteiger partial charge in [-0.1, -0.05) is 5.16 Å². The molecule has 0 fully saturated rings. The van der Waals surface area contributed by atoms with Gasteiger partial charge in [0.05, 0.1) is 12.2 Å². The predicted octanol–water partition coefficient (Wildman–Crippen LogP) is 2.91. The molecule has 4 rings (SSSR count). The normalized spacial score (nSPS) is 13.7. The third-order valence-corrected chi connectivity index (χ3v) is 4.93. The molecule has 6 nitrogen and oxygen atoms in total. The minimum absolute atomic E-state index is 0.160. The first kappa shape index (κ1) is 15.1. The van der Waals surface area contributed by atoms with Crippen LogP contribution in [0.15, 0.2) is 33.6 Å². The summed E-state index contributed by atoms with van der Waals surface area (Å²) in [6.45, 7) is 1.13. The van der Waals surface area contributed by atoms with Crippen LogP contribution in [0, 0.1) is 0 Å². The molecular formula is C17H18N4O2S. The summed E-state index contributed by atoms with van der Waals surface area (Å²) < 4.78 is 7.13. The highest BCUT2D eigenvalue weighted by molar-refractivity contribution is 7.08. The number of fused-ring (bicyclic) bond motifs is 1. The summed E-state index contributed by atoms with van der Waals surface area (Å²) >= 11 is 1.65. The van der Waals surface area contributed by atoms with Gasteiger partial charge >= 0.3 is 0 Å². The van der Waals surface area contributed by atoms with E-state index in [2.05, 4.69) is 21.0 Å². The van der Waals surface area contributed by atoms with Gasteiger partial charge in [-0.3, -0.25) is 9.48 Å². The van der Waals surface area contributed by atoms with Crippen LogP contribution >= 0.6 is 11.3 Å². The molecule has 0 saturated heterocycles. The Morgan fingerprint density at radius 1 is 1.33 bits per heavy atom. The average Bonchev–Trinajstić information content (AvgIpc) is 3.34. The lowest BCUT2D eigenvalue weighted by atomic mass is 9.96. The number of aromatic nitrogens is 3. The maximum atomic E-state index is 12.3. The van der Waals surface area contributed by atoms with Gasteiger partial charge in [0, 0.05) is 35.7 Å². The van der Waals surface area contributed by atoms with Crippen LogP contribution in [0.2, 0.25) is 0 Å². The molecule has 1 aliphatic carbocycles. The molecule has 124 valence electrons. The van der Waals surface area contributed by atoms with E-state index in [9.17, 15) is 4.79 Å². The van der Waals surface area contributed by atoms with Crippen molar-refractivity contribution in [2.24, 2.45) is 0 Å². The zero-order valence-corrected chi connectivity index (χ0v) is 14.0.